The summed E-state index contributed by atoms with van der Waals surface area (Å²) in [6, 6.07) is 9.81. The molecule has 0 saturated heterocycles. The number of nitrogens with zero attached hydrogens (tertiary/aromatic N) is 3. The van der Waals surface area contributed by atoms with E-state index in [0.717, 1.165) is 5.56 Å². The molecular weight excluding hydrogens is 296 g/mol. The molecule has 2 aromatic rings. The molecule has 7 heteroatoms. The van der Waals surface area contributed by atoms with Crippen molar-refractivity contribution in [2.75, 3.05) is 6.54 Å². The van der Waals surface area contributed by atoms with Gasteiger partial charge >= 0.3 is 5.69 Å². The molecule has 0 saturated carbocycles. The van der Waals surface area contributed by atoms with Crippen LogP contribution in [0, 0.1) is 24.0 Å². The summed E-state index contributed by atoms with van der Waals surface area (Å²) in [5, 5.41) is 17.9. The molecule has 0 radical (unpaired) electrons. The van der Waals surface area contributed by atoms with Gasteiger partial charge in [-0.3, -0.25) is 19.6 Å². The van der Waals surface area contributed by atoms with Crippen LogP contribution in [0.3, 0.4) is 0 Å². The van der Waals surface area contributed by atoms with Crippen LogP contribution in [0.15, 0.2) is 30.3 Å². The van der Waals surface area contributed by atoms with Gasteiger partial charge in [-0.25, -0.2) is 0 Å². The average molecular weight is 316 g/mol. The molecule has 1 aromatic heterocycles. The average Bonchev–Trinajstić information content (AvgIpc) is 2.80. The Hall–Kier alpha value is -2.70. The molecule has 0 aliphatic heterocycles. The highest BCUT2D eigenvalue weighted by atomic mass is 16.6. The number of amides is 1. The maximum absolute atomic E-state index is 11.8. The number of hydrogen-bond donors (Lipinski definition) is 1. The molecule has 23 heavy (non-hydrogen) atoms. The van der Waals surface area contributed by atoms with Crippen LogP contribution >= 0.6 is 0 Å². The Morgan fingerprint density at radius 2 is 2.00 bits per heavy atom. The zero-order valence-electron chi connectivity index (χ0n) is 13.3. The van der Waals surface area contributed by atoms with E-state index in [1.165, 1.54) is 0 Å². The van der Waals surface area contributed by atoms with Gasteiger partial charge in [-0.1, -0.05) is 30.3 Å². The number of rotatable bonds is 7. The highest BCUT2D eigenvalue weighted by Crippen LogP contribution is 2.21. The molecule has 0 atom stereocenters. The minimum atomic E-state index is -0.424. The second-order valence-electron chi connectivity index (χ2n) is 5.34. The molecule has 0 fully saturated rings. The summed E-state index contributed by atoms with van der Waals surface area (Å²) in [6.45, 7) is 4.08. The Bertz CT molecular complexity index is 695. The van der Waals surface area contributed by atoms with Crippen molar-refractivity contribution in [2.45, 2.75) is 33.2 Å². The van der Waals surface area contributed by atoms with Gasteiger partial charge < -0.3 is 5.32 Å². The van der Waals surface area contributed by atoms with Crippen molar-refractivity contribution in [3.8, 4) is 0 Å². The standard InChI is InChI=1S/C16H20N4O3/c1-12-16(20(22)23)13(2)19(18-12)11-10-17-15(21)9-8-14-6-4-3-5-7-14/h3-7H,8-11H2,1-2H3,(H,17,21). The molecule has 0 unspecified atom stereocenters. The van der Waals surface area contributed by atoms with Crippen molar-refractivity contribution in [1.82, 2.24) is 15.1 Å². The van der Waals surface area contributed by atoms with Crippen LogP contribution < -0.4 is 5.32 Å². The van der Waals surface area contributed by atoms with Crippen molar-refractivity contribution < 1.29 is 9.72 Å². The van der Waals surface area contributed by atoms with Crippen LogP contribution in [0.1, 0.15) is 23.4 Å². The molecule has 0 spiro atoms. The summed E-state index contributed by atoms with van der Waals surface area (Å²) in [4.78, 5) is 22.3. The lowest BCUT2D eigenvalue weighted by Gasteiger charge is -2.06. The normalized spacial score (nSPS) is 10.5. The Labute approximate surface area is 134 Å². The van der Waals surface area contributed by atoms with Gasteiger partial charge in [-0.05, 0) is 25.8 Å². The number of aromatic nitrogens is 2. The van der Waals surface area contributed by atoms with E-state index in [9.17, 15) is 14.9 Å². The van der Waals surface area contributed by atoms with Gasteiger partial charge in [0, 0.05) is 13.0 Å². The third-order valence-corrected chi connectivity index (χ3v) is 3.66. The fourth-order valence-electron chi connectivity index (χ4n) is 2.46. The lowest BCUT2D eigenvalue weighted by atomic mass is 10.1. The topological polar surface area (TPSA) is 90.1 Å². The summed E-state index contributed by atoms with van der Waals surface area (Å²) >= 11 is 0. The maximum Gasteiger partial charge on any atom is 0.312 e. The summed E-state index contributed by atoms with van der Waals surface area (Å²) in [6.07, 6.45) is 1.11. The number of nitrogens with one attached hydrogen (secondary N) is 1. The highest BCUT2D eigenvalue weighted by molar-refractivity contribution is 5.76. The molecule has 1 N–H and O–H groups in total. The first-order valence-corrected chi connectivity index (χ1v) is 7.48. The van der Waals surface area contributed by atoms with Gasteiger partial charge in [0.05, 0.1) is 11.5 Å². The molecule has 0 aliphatic carbocycles. The van der Waals surface area contributed by atoms with E-state index >= 15 is 0 Å². The molecule has 0 bridgehead atoms. The second kappa shape index (κ2) is 7.53. The molecular formula is C16H20N4O3. The number of carbonyl (C=O) groups is 1. The molecule has 2 rings (SSSR count). The molecule has 1 amide bonds. The van der Waals surface area contributed by atoms with Gasteiger partial charge in [0.25, 0.3) is 0 Å². The van der Waals surface area contributed by atoms with Crippen LogP contribution in [0.25, 0.3) is 0 Å². The summed E-state index contributed by atoms with van der Waals surface area (Å²) < 4.78 is 1.56. The molecule has 0 aliphatic rings. The molecule has 1 heterocycles. The van der Waals surface area contributed by atoms with Crippen LogP contribution in [0.2, 0.25) is 0 Å². The van der Waals surface area contributed by atoms with Crippen molar-refractivity contribution in [2.24, 2.45) is 0 Å². The first kappa shape index (κ1) is 16.7. The number of carbonyl (C=O) groups excluding carboxylic acids is 1. The van der Waals surface area contributed by atoms with Crippen LogP contribution in [0.5, 0.6) is 0 Å². The van der Waals surface area contributed by atoms with Crippen LogP contribution in [-0.2, 0) is 17.8 Å². The smallest absolute Gasteiger partial charge is 0.312 e. The van der Waals surface area contributed by atoms with Crippen LogP contribution in [-0.4, -0.2) is 27.2 Å². The third-order valence-electron chi connectivity index (χ3n) is 3.66. The van der Waals surface area contributed by atoms with Crippen molar-refractivity contribution in [3.05, 3.63) is 57.4 Å². The summed E-state index contributed by atoms with van der Waals surface area (Å²) in [5.74, 6) is -0.0371. The lowest BCUT2D eigenvalue weighted by Crippen LogP contribution is -2.28. The minimum Gasteiger partial charge on any atom is -0.354 e. The second-order valence-corrected chi connectivity index (χ2v) is 5.34. The predicted molar refractivity (Wildman–Crippen MR) is 86.1 cm³/mol. The van der Waals surface area contributed by atoms with E-state index in [2.05, 4.69) is 10.4 Å². The van der Waals surface area contributed by atoms with E-state index in [1.54, 1.807) is 18.5 Å². The summed E-state index contributed by atoms with van der Waals surface area (Å²) in [7, 11) is 0. The van der Waals surface area contributed by atoms with Gasteiger partial charge in [0.15, 0.2) is 0 Å². The van der Waals surface area contributed by atoms with Crippen LogP contribution in [0.4, 0.5) is 5.69 Å². The first-order chi connectivity index (χ1) is 11.0. The SMILES string of the molecule is Cc1nn(CCNC(=O)CCc2ccccc2)c(C)c1[N+](=O)[O-]. The van der Waals surface area contributed by atoms with E-state index in [1.807, 2.05) is 30.3 Å². The predicted octanol–water partition coefficient (Wildman–Crippen LogP) is 2.16. The van der Waals surface area contributed by atoms with Crippen molar-refractivity contribution in [1.29, 1.82) is 0 Å². The quantitative estimate of drug-likeness (QED) is 0.626. The molecule has 122 valence electrons. The Kier molecular flexibility index (Phi) is 5.46. The fraction of sp³-hybridized carbons (Fsp3) is 0.375. The largest absolute Gasteiger partial charge is 0.354 e. The number of aryl methyl sites for hydroxylation is 2. The minimum absolute atomic E-state index is 0.0371. The van der Waals surface area contributed by atoms with E-state index in [-0.39, 0.29) is 11.6 Å². The van der Waals surface area contributed by atoms with E-state index in [0.29, 0.717) is 37.3 Å². The summed E-state index contributed by atoms with van der Waals surface area (Å²) in [5.41, 5.74) is 2.06. The Balaban J connectivity index is 1.80. The van der Waals surface area contributed by atoms with Crippen molar-refractivity contribution in [3.63, 3.8) is 0 Å². The van der Waals surface area contributed by atoms with Crippen molar-refractivity contribution >= 4 is 11.6 Å². The lowest BCUT2D eigenvalue weighted by molar-refractivity contribution is -0.386. The van der Waals surface area contributed by atoms with E-state index < -0.39 is 4.92 Å². The number of benzene rings is 1. The molecule has 7 nitrogen and oxygen atoms in total. The van der Waals surface area contributed by atoms with Gasteiger partial charge in [-0.2, -0.15) is 5.10 Å². The Morgan fingerprint density at radius 1 is 1.30 bits per heavy atom. The van der Waals surface area contributed by atoms with Gasteiger partial charge in [0.2, 0.25) is 5.91 Å². The first-order valence-electron chi connectivity index (χ1n) is 7.48. The monoisotopic (exact) mass is 316 g/mol. The fourth-order valence-corrected chi connectivity index (χ4v) is 2.46. The maximum atomic E-state index is 11.8. The molecule has 1 aromatic carbocycles. The van der Waals surface area contributed by atoms with Gasteiger partial charge in [0.1, 0.15) is 11.4 Å². The Morgan fingerprint density at radius 3 is 2.61 bits per heavy atom. The number of nitro groups is 1. The zero-order valence-corrected chi connectivity index (χ0v) is 13.3. The van der Waals surface area contributed by atoms with Gasteiger partial charge in [-0.15, -0.1) is 0 Å². The number of hydrogen-bond acceptors (Lipinski definition) is 4. The highest BCUT2D eigenvalue weighted by Gasteiger charge is 2.21. The third kappa shape index (κ3) is 4.38. The zero-order chi connectivity index (χ0) is 16.8. The van der Waals surface area contributed by atoms with E-state index in [4.69, 9.17) is 0 Å².